The number of allylic oxidation sites excluding steroid dienone is 1. The Labute approximate surface area is 79.5 Å². The molecule has 0 saturated heterocycles. The summed E-state index contributed by atoms with van der Waals surface area (Å²) >= 11 is 0. The quantitative estimate of drug-likeness (QED) is 0.687. The van der Waals surface area contributed by atoms with Gasteiger partial charge in [0.15, 0.2) is 0 Å². The maximum atomic E-state index is 11.8. The SMILES string of the molecule is CCCCP(=O)(O)C1=C[C@@H](N)CC1. The van der Waals surface area contributed by atoms with Gasteiger partial charge in [-0.1, -0.05) is 19.4 Å². The first-order valence-corrected chi connectivity index (χ1v) is 6.69. The minimum Gasteiger partial charge on any atom is -0.341 e. The second-order valence-corrected chi connectivity index (χ2v) is 6.06. The molecule has 0 amide bonds. The van der Waals surface area contributed by atoms with Crippen LogP contribution in [0, 0.1) is 0 Å². The zero-order valence-electron chi connectivity index (χ0n) is 8.07. The third kappa shape index (κ3) is 2.94. The average Bonchev–Trinajstić information content (AvgIpc) is 2.49. The largest absolute Gasteiger partial charge is 0.341 e. The van der Waals surface area contributed by atoms with Crippen LogP contribution < -0.4 is 5.73 Å². The lowest BCUT2D eigenvalue weighted by atomic mass is 10.3. The van der Waals surface area contributed by atoms with E-state index in [0.717, 1.165) is 19.3 Å². The highest BCUT2D eigenvalue weighted by molar-refractivity contribution is 7.62. The normalized spacial score (nSPS) is 27.0. The van der Waals surface area contributed by atoms with Crippen LogP contribution in [0.4, 0.5) is 0 Å². The van der Waals surface area contributed by atoms with Crippen molar-refractivity contribution in [2.24, 2.45) is 5.73 Å². The number of hydrogen-bond acceptors (Lipinski definition) is 2. The molecule has 1 rings (SSSR count). The second-order valence-electron chi connectivity index (χ2n) is 3.64. The molecule has 76 valence electrons. The summed E-state index contributed by atoms with van der Waals surface area (Å²) in [5.74, 6) is 0. The third-order valence-electron chi connectivity index (χ3n) is 2.40. The maximum Gasteiger partial charge on any atom is 0.225 e. The third-order valence-corrected chi connectivity index (χ3v) is 4.60. The molecule has 1 aliphatic rings. The Morgan fingerprint density at radius 2 is 2.46 bits per heavy atom. The Hall–Kier alpha value is -0.110. The number of rotatable bonds is 4. The van der Waals surface area contributed by atoms with Crippen molar-refractivity contribution in [1.29, 1.82) is 0 Å². The molecule has 0 aliphatic heterocycles. The summed E-state index contributed by atoms with van der Waals surface area (Å²) < 4.78 is 11.8. The van der Waals surface area contributed by atoms with Gasteiger partial charge in [-0.15, -0.1) is 0 Å². The van der Waals surface area contributed by atoms with E-state index in [2.05, 4.69) is 0 Å². The summed E-state index contributed by atoms with van der Waals surface area (Å²) in [6.07, 6.45) is 5.51. The molecular weight excluding hydrogens is 185 g/mol. The first-order valence-electron chi connectivity index (χ1n) is 4.85. The van der Waals surface area contributed by atoms with Crippen LogP contribution in [0.5, 0.6) is 0 Å². The monoisotopic (exact) mass is 203 g/mol. The minimum atomic E-state index is -3.01. The van der Waals surface area contributed by atoms with Crippen molar-refractivity contribution < 1.29 is 9.46 Å². The molecule has 0 aromatic carbocycles. The van der Waals surface area contributed by atoms with Crippen molar-refractivity contribution in [1.82, 2.24) is 0 Å². The van der Waals surface area contributed by atoms with Crippen LogP contribution in [0.2, 0.25) is 0 Å². The van der Waals surface area contributed by atoms with Crippen LogP contribution in [-0.2, 0) is 4.57 Å². The fourth-order valence-electron chi connectivity index (χ4n) is 1.54. The van der Waals surface area contributed by atoms with Gasteiger partial charge in [-0.25, -0.2) is 0 Å². The zero-order valence-corrected chi connectivity index (χ0v) is 8.96. The molecule has 0 spiro atoms. The molecule has 4 heteroatoms. The second kappa shape index (κ2) is 4.41. The van der Waals surface area contributed by atoms with Gasteiger partial charge in [-0.3, -0.25) is 4.57 Å². The lowest BCUT2D eigenvalue weighted by molar-refractivity contribution is 0.482. The standard InChI is InChI=1S/C9H18NO2P/c1-2-3-6-13(11,12)9-5-4-8(10)7-9/h7-8H,2-6,10H2,1H3,(H,11,12)/t8-/m0/s1. The van der Waals surface area contributed by atoms with Gasteiger partial charge in [0.1, 0.15) is 0 Å². The molecule has 1 aliphatic carbocycles. The van der Waals surface area contributed by atoms with Crippen LogP contribution in [-0.4, -0.2) is 17.1 Å². The molecule has 0 fully saturated rings. The molecule has 13 heavy (non-hydrogen) atoms. The predicted octanol–water partition coefficient (Wildman–Crippen LogP) is 2.06. The van der Waals surface area contributed by atoms with Gasteiger partial charge in [-0.2, -0.15) is 0 Å². The van der Waals surface area contributed by atoms with Crippen molar-refractivity contribution in [3.63, 3.8) is 0 Å². The molecule has 0 aromatic rings. The van der Waals surface area contributed by atoms with Crippen LogP contribution in [0.15, 0.2) is 11.4 Å². The van der Waals surface area contributed by atoms with Gasteiger partial charge in [-0.05, 0) is 19.3 Å². The summed E-state index contributed by atoms with van der Waals surface area (Å²) in [7, 11) is -3.01. The zero-order chi connectivity index (χ0) is 9.90. The molecule has 3 nitrogen and oxygen atoms in total. The van der Waals surface area contributed by atoms with E-state index >= 15 is 0 Å². The van der Waals surface area contributed by atoms with Gasteiger partial charge >= 0.3 is 0 Å². The van der Waals surface area contributed by atoms with Crippen molar-refractivity contribution in [2.45, 2.75) is 38.6 Å². The molecule has 1 unspecified atom stereocenters. The summed E-state index contributed by atoms with van der Waals surface area (Å²) in [4.78, 5) is 9.69. The molecule has 0 bridgehead atoms. The minimum absolute atomic E-state index is 0.00268. The van der Waals surface area contributed by atoms with Crippen LogP contribution in [0.3, 0.4) is 0 Å². The smallest absolute Gasteiger partial charge is 0.225 e. The fourth-order valence-corrected chi connectivity index (χ4v) is 3.47. The van der Waals surface area contributed by atoms with E-state index in [9.17, 15) is 9.46 Å². The van der Waals surface area contributed by atoms with E-state index < -0.39 is 7.37 Å². The Balaban J connectivity index is 2.59. The van der Waals surface area contributed by atoms with Gasteiger partial charge in [0.25, 0.3) is 0 Å². The van der Waals surface area contributed by atoms with E-state index in [4.69, 9.17) is 5.73 Å². The maximum absolute atomic E-state index is 11.8. The Kier molecular flexibility index (Phi) is 3.72. The molecule has 0 radical (unpaired) electrons. The highest BCUT2D eigenvalue weighted by atomic mass is 31.2. The summed E-state index contributed by atoms with van der Waals surface area (Å²) in [5, 5.41) is 0.702. The first-order chi connectivity index (χ1) is 6.06. The fraction of sp³-hybridized carbons (Fsp3) is 0.778. The highest BCUT2D eigenvalue weighted by Crippen LogP contribution is 2.54. The van der Waals surface area contributed by atoms with Gasteiger partial charge in [0.2, 0.25) is 7.37 Å². The summed E-state index contributed by atoms with van der Waals surface area (Å²) in [6, 6.07) is -0.00268. The van der Waals surface area contributed by atoms with Crippen LogP contribution >= 0.6 is 7.37 Å². The highest BCUT2D eigenvalue weighted by Gasteiger charge is 2.27. The molecule has 0 aromatic heterocycles. The molecular formula is C9H18NO2P. The van der Waals surface area contributed by atoms with E-state index in [1.165, 1.54) is 0 Å². The summed E-state index contributed by atoms with van der Waals surface area (Å²) in [6.45, 7) is 2.02. The topological polar surface area (TPSA) is 63.3 Å². The van der Waals surface area contributed by atoms with Gasteiger partial charge in [0, 0.05) is 17.5 Å². The van der Waals surface area contributed by atoms with Crippen molar-refractivity contribution in [3.8, 4) is 0 Å². The molecule has 0 heterocycles. The van der Waals surface area contributed by atoms with Gasteiger partial charge < -0.3 is 10.6 Å². The lowest BCUT2D eigenvalue weighted by Crippen LogP contribution is -2.11. The molecule has 2 atom stereocenters. The number of hydrogen-bond donors (Lipinski definition) is 2. The Bertz CT molecular complexity index is 250. The predicted molar refractivity (Wildman–Crippen MR) is 54.9 cm³/mol. The van der Waals surface area contributed by atoms with Crippen LogP contribution in [0.1, 0.15) is 32.6 Å². The first kappa shape index (κ1) is 11.0. The number of unbranched alkanes of at least 4 members (excludes halogenated alkanes) is 1. The Morgan fingerprint density at radius 1 is 1.77 bits per heavy atom. The van der Waals surface area contributed by atoms with Gasteiger partial charge in [0.05, 0.1) is 0 Å². The van der Waals surface area contributed by atoms with Crippen molar-refractivity contribution >= 4 is 7.37 Å². The van der Waals surface area contributed by atoms with Crippen molar-refractivity contribution in [3.05, 3.63) is 11.4 Å². The molecule has 3 N–H and O–H groups in total. The molecule has 0 saturated carbocycles. The summed E-state index contributed by atoms with van der Waals surface area (Å²) in [5.41, 5.74) is 5.64. The lowest BCUT2D eigenvalue weighted by Gasteiger charge is -2.11. The van der Waals surface area contributed by atoms with E-state index in [1.54, 1.807) is 6.08 Å². The van der Waals surface area contributed by atoms with E-state index in [-0.39, 0.29) is 6.04 Å². The number of nitrogens with two attached hydrogens (primary N) is 1. The van der Waals surface area contributed by atoms with Crippen LogP contribution in [0.25, 0.3) is 0 Å². The van der Waals surface area contributed by atoms with E-state index in [0.29, 0.717) is 17.9 Å². The average molecular weight is 203 g/mol. The van der Waals surface area contributed by atoms with E-state index in [1.807, 2.05) is 6.92 Å². The Morgan fingerprint density at radius 3 is 2.92 bits per heavy atom. The van der Waals surface area contributed by atoms with Crippen molar-refractivity contribution in [2.75, 3.05) is 6.16 Å².